The smallest absolute Gasteiger partial charge is 0.416 e. The van der Waals surface area contributed by atoms with Crippen LogP contribution in [-0.2, 0) is 19.1 Å². The molecule has 8 heteroatoms. The van der Waals surface area contributed by atoms with Gasteiger partial charge < -0.3 is 10.1 Å². The fraction of sp³-hybridized carbons (Fsp3) is 0.154. The lowest BCUT2D eigenvalue weighted by molar-refractivity contribution is -0.137. The number of ether oxygens (including phenoxy) is 1. The van der Waals surface area contributed by atoms with E-state index in [1.807, 2.05) is 18.2 Å². The fourth-order valence-electron chi connectivity index (χ4n) is 4.13. The summed E-state index contributed by atoms with van der Waals surface area (Å²) in [7, 11) is 0. The Morgan fingerprint density at radius 2 is 1.82 bits per heavy atom. The minimum atomic E-state index is -4.56. The Hall–Kier alpha value is -4.07. The van der Waals surface area contributed by atoms with Gasteiger partial charge in [0.25, 0.3) is 11.5 Å². The molecule has 0 saturated heterocycles. The lowest BCUT2D eigenvalue weighted by Crippen LogP contribution is -2.32. The number of nitrogens with one attached hydrogen (secondary N) is 1. The van der Waals surface area contributed by atoms with Gasteiger partial charge in [-0.1, -0.05) is 36.4 Å². The van der Waals surface area contributed by atoms with E-state index in [1.54, 1.807) is 24.3 Å². The van der Waals surface area contributed by atoms with Gasteiger partial charge in [-0.2, -0.15) is 13.2 Å². The Balaban J connectivity index is 1.53. The lowest BCUT2D eigenvalue weighted by atomic mass is 10.1. The Morgan fingerprint density at radius 1 is 1.00 bits per heavy atom. The minimum Gasteiger partial charge on any atom is -0.493 e. The first kappa shape index (κ1) is 21.8. The summed E-state index contributed by atoms with van der Waals surface area (Å²) >= 11 is 0. The summed E-state index contributed by atoms with van der Waals surface area (Å²) in [5, 5.41) is 3.31. The number of fused-ring (bicyclic) bond motifs is 2. The van der Waals surface area contributed by atoms with Crippen LogP contribution < -0.4 is 15.6 Å². The highest BCUT2D eigenvalue weighted by Gasteiger charge is 2.31. The number of rotatable bonds is 4. The second-order valence-corrected chi connectivity index (χ2v) is 8.03. The third-order valence-corrected chi connectivity index (χ3v) is 5.79. The summed E-state index contributed by atoms with van der Waals surface area (Å²) in [6.07, 6.45) is -3.77. The second kappa shape index (κ2) is 8.37. The van der Waals surface area contributed by atoms with Gasteiger partial charge in [0, 0.05) is 18.7 Å². The summed E-state index contributed by atoms with van der Waals surface area (Å²) in [5.74, 6) is 0.224. The topological polar surface area (TPSA) is 60.3 Å². The van der Waals surface area contributed by atoms with Crippen molar-refractivity contribution in [2.24, 2.45) is 0 Å². The number of pyridine rings is 1. The van der Waals surface area contributed by atoms with Gasteiger partial charge in [0.05, 0.1) is 17.7 Å². The van der Waals surface area contributed by atoms with Crippen LogP contribution in [0.4, 0.5) is 13.2 Å². The zero-order chi connectivity index (χ0) is 23.9. The van der Waals surface area contributed by atoms with E-state index in [0.717, 1.165) is 40.0 Å². The van der Waals surface area contributed by atoms with Crippen molar-refractivity contribution in [2.45, 2.75) is 19.1 Å². The van der Waals surface area contributed by atoms with Crippen molar-refractivity contribution >= 4 is 16.8 Å². The summed E-state index contributed by atoms with van der Waals surface area (Å²) in [6, 6.07) is 18.4. The van der Waals surface area contributed by atoms with E-state index in [-0.39, 0.29) is 17.8 Å². The molecule has 3 aromatic carbocycles. The monoisotopic (exact) mass is 464 g/mol. The van der Waals surface area contributed by atoms with Gasteiger partial charge in [0.15, 0.2) is 0 Å². The maximum atomic E-state index is 13.4. The molecule has 5 rings (SSSR count). The largest absolute Gasteiger partial charge is 0.493 e. The van der Waals surface area contributed by atoms with Crippen LogP contribution >= 0.6 is 0 Å². The Kier molecular flexibility index (Phi) is 5.36. The van der Waals surface area contributed by atoms with Crippen molar-refractivity contribution in [1.82, 2.24) is 9.88 Å². The van der Waals surface area contributed by atoms with Gasteiger partial charge in [-0.25, -0.2) is 0 Å². The number of hydrogen-bond acceptors (Lipinski definition) is 3. The molecule has 0 saturated carbocycles. The number of benzene rings is 3. The van der Waals surface area contributed by atoms with Crippen molar-refractivity contribution in [2.75, 3.05) is 6.61 Å². The van der Waals surface area contributed by atoms with Gasteiger partial charge in [-0.3, -0.25) is 14.2 Å². The molecule has 0 aliphatic carbocycles. The highest BCUT2D eigenvalue weighted by Crippen LogP contribution is 2.31. The molecule has 34 heavy (non-hydrogen) atoms. The van der Waals surface area contributed by atoms with E-state index in [0.29, 0.717) is 17.5 Å². The molecule has 0 unspecified atom stereocenters. The highest BCUT2D eigenvalue weighted by molar-refractivity contribution is 5.97. The molecule has 1 amide bonds. The van der Waals surface area contributed by atoms with E-state index in [4.69, 9.17) is 4.74 Å². The van der Waals surface area contributed by atoms with Crippen molar-refractivity contribution in [1.29, 1.82) is 0 Å². The number of halogens is 3. The number of hydrogen-bond donors (Lipinski definition) is 1. The Bertz CT molecular complexity index is 1470. The van der Waals surface area contributed by atoms with Gasteiger partial charge >= 0.3 is 6.18 Å². The van der Waals surface area contributed by atoms with Crippen LogP contribution in [0.1, 0.15) is 27.0 Å². The molecule has 0 fully saturated rings. The fourth-order valence-corrected chi connectivity index (χ4v) is 4.13. The van der Waals surface area contributed by atoms with Crippen molar-refractivity contribution < 1.29 is 22.7 Å². The molecule has 0 atom stereocenters. The maximum Gasteiger partial charge on any atom is 0.416 e. The molecule has 0 bridgehead atoms. The lowest BCUT2D eigenvalue weighted by Gasteiger charge is -2.15. The molecule has 172 valence electrons. The van der Waals surface area contributed by atoms with E-state index in [1.165, 1.54) is 18.2 Å². The van der Waals surface area contributed by atoms with Gasteiger partial charge in [-0.05, 0) is 52.9 Å². The predicted octanol–water partition coefficient (Wildman–Crippen LogP) is 4.87. The molecule has 2 heterocycles. The molecule has 1 aromatic heterocycles. The van der Waals surface area contributed by atoms with Crippen LogP contribution in [0.5, 0.6) is 5.75 Å². The first-order valence-corrected chi connectivity index (χ1v) is 10.7. The predicted molar refractivity (Wildman–Crippen MR) is 121 cm³/mol. The Morgan fingerprint density at radius 3 is 2.65 bits per heavy atom. The summed E-state index contributed by atoms with van der Waals surface area (Å²) < 4.78 is 46.5. The molecule has 0 radical (unpaired) electrons. The van der Waals surface area contributed by atoms with E-state index < -0.39 is 23.2 Å². The van der Waals surface area contributed by atoms with Crippen molar-refractivity contribution in [3.05, 3.63) is 105 Å². The van der Waals surface area contributed by atoms with E-state index >= 15 is 0 Å². The molecule has 1 N–H and O–H groups in total. The van der Waals surface area contributed by atoms with Gasteiger partial charge in [0.1, 0.15) is 11.3 Å². The highest BCUT2D eigenvalue weighted by atomic mass is 19.4. The minimum absolute atomic E-state index is 0.0318. The number of carbonyl (C=O) groups excluding carboxylic acids is 1. The van der Waals surface area contributed by atoms with Crippen LogP contribution in [0.15, 0.2) is 77.6 Å². The third-order valence-electron chi connectivity index (χ3n) is 5.79. The van der Waals surface area contributed by atoms with Gasteiger partial charge in [-0.15, -0.1) is 0 Å². The van der Waals surface area contributed by atoms with E-state index in [2.05, 4.69) is 5.32 Å². The summed E-state index contributed by atoms with van der Waals surface area (Å²) in [5.41, 5.74) is 0.627. The zero-order valence-electron chi connectivity index (χ0n) is 17.9. The molecular weight excluding hydrogens is 445 g/mol. The molecular formula is C26H19F3N2O3. The molecule has 1 aliphatic heterocycles. The first-order valence-electron chi connectivity index (χ1n) is 10.7. The molecule has 5 nitrogen and oxygen atoms in total. The van der Waals surface area contributed by atoms with Crippen LogP contribution in [0.2, 0.25) is 0 Å². The van der Waals surface area contributed by atoms with Gasteiger partial charge in [0.2, 0.25) is 0 Å². The third kappa shape index (κ3) is 4.03. The van der Waals surface area contributed by atoms with Crippen LogP contribution in [0, 0.1) is 0 Å². The summed E-state index contributed by atoms with van der Waals surface area (Å²) in [4.78, 5) is 26.4. The summed E-state index contributed by atoms with van der Waals surface area (Å²) in [6.45, 7) is 0.819. The number of carbonyl (C=O) groups is 1. The number of para-hydroxylation sites is 1. The van der Waals surface area contributed by atoms with Crippen molar-refractivity contribution in [3.63, 3.8) is 0 Å². The standard InChI is InChI=1S/C26H19F3N2O3/c27-26(28,29)19-5-3-6-20(14-19)31-22-7-2-1-4-17(22)13-21(25(31)33)24(32)30-15-16-8-9-23-18(12-16)10-11-34-23/h1-9,12-14H,10-11,15H2,(H,30,32). The van der Waals surface area contributed by atoms with Crippen molar-refractivity contribution in [3.8, 4) is 11.4 Å². The normalized spacial score (nSPS) is 12.9. The van der Waals surface area contributed by atoms with Crippen LogP contribution in [0.3, 0.4) is 0 Å². The molecule has 0 spiro atoms. The SMILES string of the molecule is O=C(NCc1ccc2c(c1)CCO2)c1cc2ccccc2n(-c2cccc(C(F)(F)F)c2)c1=O. The van der Waals surface area contributed by atoms with Crippen LogP contribution in [0.25, 0.3) is 16.6 Å². The number of aromatic nitrogens is 1. The number of alkyl halides is 3. The number of amides is 1. The quantitative estimate of drug-likeness (QED) is 0.469. The number of nitrogens with zero attached hydrogens (tertiary/aromatic N) is 1. The first-order chi connectivity index (χ1) is 16.3. The Labute approximate surface area is 192 Å². The van der Waals surface area contributed by atoms with E-state index in [9.17, 15) is 22.8 Å². The van der Waals surface area contributed by atoms with Crippen LogP contribution in [-0.4, -0.2) is 17.1 Å². The molecule has 1 aliphatic rings. The molecule has 4 aromatic rings. The zero-order valence-corrected chi connectivity index (χ0v) is 17.9. The average Bonchev–Trinajstić information content (AvgIpc) is 3.29. The average molecular weight is 464 g/mol. The second-order valence-electron chi connectivity index (χ2n) is 8.03. The maximum absolute atomic E-state index is 13.4.